The smallest absolute Gasteiger partial charge is 0.307 e. The number of nitrogens with zero attached hydrogens (tertiary/aromatic N) is 1. The van der Waals surface area contributed by atoms with E-state index in [-0.39, 0.29) is 5.92 Å². The van der Waals surface area contributed by atoms with Gasteiger partial charge in [0.15, 0.2) is 0 Å². The number of hydrogen-bond donors (Lipinski definition) is 1. The van der Waals surface area contributed by atoms with Crippen LogP contribution < -0.4 is 4.74 Å². The third-order valence-electron chi connectivity index (χ3n) is 3.21. The Kier molecular flexibility index (Phi) is 7.83. The molecule has 1 atom stereocenters. The summed E-state index contributed by atoms with van der Waals surface area (Å²) in [4.78, 5) is 13.2. The minimum Gasteiger partial charge on any atom is -0.494 e. The lowest BCUT2D eigenvalue weighted by atomic mass is 10.1. The maximum atomic E-state index is 11.0. The van der Waals surface area contributed by atoms with E-state index in [1.807, 2.05) is 30.3 Å². The van der Waals surface area contributed by atoms with Gasteiger partial charge < -0.3 is 14.7 Å². The molecule has 0 saturated carbocycles. The molecule has 4 nitrogen and oxygen atoms in total. The Morgan fingerprint density at radius 1 is 1.19 bits per heavy atom. The van der Waals surface area contributed by atoms with E-state index >= 15 is 0 Å². The van der Waals surface area contributed by atoms with Gasteiger partial charge in [0.25, 0.3) is 0 Å². The van der Waals surface area contributed by atoms with Gasteiger partial charge in [0.2, 0.25) is 0 Å². The van der Waals surface area contributed by atoms with Crippen LogP contribution in [0.25, 0.3) is 0 Å². The molecule has 0 spiro atoms. The molecule has 1 unspecified atom stereocenters. The lowest BCUT2D eigenvalue weighted by Gasteiger charge is -2.25. The van der Waals surface area contributed by atoms with Crippen LogP contribution in [0, 0.1) is 11.8 Å². The van der Waals surface area contributed by atoms with E-state index in [2.05, 4.69) is 18.7 Å². The van der Waals surface area contributed by atoms with Gasteiger partial charge in [-0.15, -0.1) is 0 Å². The van der Waals surface area contributed by atoms with Gasteiger partial charge in [0, 0.05) is 19.6 Å². The number of carbonyl (C=O) groups is 1. The molecule has 0 radical (unpaired) electrons. The van der Waals surface area contributed by atoms with Gasteiger partial charge in [-0.2, -0.15) is 0 Å². The van der Waals surface area contributed by atoms with Crippen molar-refractivity contribution < 1.29 is 14.6 Å². The summed E-state index contributed by atoms with van der Waals surface area (Å²) in [6.45, 7) is 9.10. The molecule has 0 aliphatic rings. The summed E-state index contributed by atoms with van der Waals surface area (Å²) in [6, 6.07) is 9.76. The Balaban J connectivity index is 2.33. The van der Waals surface area contributed by atoms with Gasteiger partial charge in [-0.3, -0.25) is 4.79 Å². The number of benzene rings is 1. The first-order valence-corrected chi connectivity index (χ1v) is 7.62. The topological polar surface area (TPSA) is 49.8 Å². The predicted octanol–water partition coefficient (Wildman–Crippen LogP) is 3.13. The molecule has 1 aromatic rings. The van der Waals surface area contributed by atoms with Gasteiger partial charge in [-0.05, 0) is 24.5 Å². The van der Waals surface area contributed by atoms with Gasteiger partial charge in [-0.1, -0.05) is 39.0 Å². The molecule has 1 N–H and O–H groups in total. The highest BCUT2D eigenvalue weighted by Gasteiger charge is 2.16. The van der Waals surface area contributed by atoms with Crippen molar-refractivity contribution in [2.75, 3.05) is 26.2 Å². The molecule has 0 saturated heterocycles. The van der Waals surface area contributed by atoms with E-state index in [4.69, 9.17) is 9.84 Å². The number of aliphatic carboxylic acids is 1. The van der Waals surface area contributed by atoms with E-state index in [1.54, 1.807) is 6.92 Å². The Bertz CT molecular complexity index is 406. The minimum atomic E-state index is -0.732. The van der Waals surface area contributed by atoms with E-state index < -0.39 is 5.97 Å². The molecule has 0 heterocycles. The molecule has 118 valence electrons. The van der Waals surface area contributed by atoms with Crippen LogP contribution in [0.3, 0.4) is 0 Å². The van der Waals surface area contributed by atoms with Crippen molar-refractivity contribution in [3.63, 3.8) is 0 Å². The predicted molar refractivity (Wildman–Crippen MR) is 84.6 cm³/mol. The van der Waals surface area contributed by atoms with E-state index in [1.165, 1.54) is 0 Å². The lowest BCUT2D eigenvalue weighted by molar-refractivity contribution is -0.141. The molecule has 0 aromatic heterocycles. The van der Waals surface area contributed by atoms with Gasteiger partial charge in [0.1, 0.15) is 5.75 Å². The summed E-state index contributed by atoms with van der Waals surface area (Å²) in [5.41, 5.74) is 0. The van der Waals surface area contributed by atoms with Crippen molar-refractivity contribution >= 4 is 5.97 Å². The van der Waals surface area contributed by atoms with Gasteiger partial charge in [-0.25, -0.2) is 0 Å². The molecule has 1 aromatic carbocycles. The number of hydrogen-bond acceptors (Lipinski definition) is 3. The van der Waals surface area contributed by atoms with E-state index in [0.717, 1.165) is 25.3 Å². The van der Waals surface area contributed by atoms with Crippen molar-refractivity contribution in [1.82, 2.24) is 4.90 Å². The molecule has 0 aliphatic carbocycles. The summed E-state index contributed by atoms with van der Waals surface area (Å²) < 4.78 is 5.67. The zero-order valence-electron chi connectivity index (χ0n) is 13.3. The summed E-state index contributed by atoms with van der Waals surface area (Å²) in [7, 11) is 0. The monoisotopic (exact) mass is 293 g/mol. The molecule has 0 amide bonds. The summed E-state index contributed by atoms with van der Waals surface area (Å²) >= 11 is 0. The maximum Gasteiger partial charge on any atom is 0.307 e. The largest absolute Gasteiger partial charge is 0.494 e. The first kappa shape index (κ1) is 17.5. The fourth-order valence-electron chi connectivity index (χ4n) is 2.23. The lowest BCUT2D eigenvalue weighted by Crippen LogP contribution is -2.35. The van der Waals surface area contributed by atoms with Crippen LogP contribution in [0.4, 0.5) is 0 Å². The van der Waals surface area contributed by atoms with E-state index in [9.17, 15) is 4.79 Å². The molecule has 0 aliphatic heterocycles. The van der Waals surface area contributed by atoms with Crippen molar-refractivity contribution in [2.45, 2.75) is 27.2 Å². The van der Waals surface area contributed by atoms with Gasteiger partial charge >= 0.3 is 5.97 Å². The van der Waals surface area contributed by atoms with Crippen molar-refractivity contribution in [3.8, 4) is 5.75 Å². The van der Waals surface area contributed by atoms with Crippen LogP contribution in [0.2, 0.25) is 0 Å². The highest BCUT2D eigenvalue weighted by Crippen LogP contribution is 2.09. The van der Waals surface area contributed by atoms with Crippen molar-refractivity contribution in [1.29, 1.82) is 0 Å². The highest BCUT2D eigenvalue weighted by molar-refractivity contribution is 5.69. The first-order valence-electron chi connectivity index (χ1n) is 7.62. The molecule has 1 rings (SSSR count). The Hall–Kier alpha value is -1.55. The number of para-hydroxylation sites is 1. The van der Waals surface area contributed by atoms with Crippen molar-refractivity contribution in [3.05, 3.63) is 30.3 Å². The Morgan fingerprint density at radius 3 is 2.43 bits per heavy atom. The van der Waals surface area contributed by atoms with Crippen LogP contribution in [-0.2, 0) is 4.79 Å². The number of carboxylic acids is 1. The number of carboxylic acid groups (broad SMARTS) is 1. The minimum absolute atomic E-state index is 0.334. The standard InChI is InChI=1S/C17H27NO3/c1-14(2)12-18(13-15(3)17(19)20)10-7-11-21-16-8-5-4-6-9-16/h4-6,8-9,14-15H,7,10-13H2,1-3H3,(H,19,20). The van der Waals surface area contributed by atoms with Crippen LogP contribution in [0.15, 0.2) is 30.3 Å². The van der Waals surface area contributed by atoms with Crippen LogP contribution in [-0.4, -0.2) is 42.2 Å². The summed E-state index contributed by atoms with van der Waals surface area (Å²) in [5.74, 6) is 0.343. The second kappa shape index (κ2) is 9.40. The zero-order valence-corrected chi connectivity index (χ0v) is 13.3. The molecular formula is C17H27NO3. The van der Waals surface area contributed by atoms with Gasteiger partial charge in [0.05, 0.1) is 12.5 Å². The fraction of sp³-hybridized carbons (Fsp3) is 0.588. The summed E-state index contributed by atoms with van der Waals surface area (Å²) in [6.07, 6.45) is 0.897. The molecule has 21 heavy (non-hydrogen) atoms. The third-order valence-corrected chi connectivity index (χ3v) is 3.21. The summed E-state index contributed by atoms with van der Waals surface area (Å²) in [5, 5.41) is 9.03. The SMILES string of the molecule is CC(C)CN(CCCOc1ccccc1)CC(C)C(=O)O. The molecule has 0 fully saturated rings. The van der Waals surface area contributed by atoms with Crippen LogP contribution in [0.5, 0.6) is 5.75 Å². The van der Waals surface area contributed by atoms with Crippen molar-refractivity contribution in [2.24, 2.45) is 11.8 Å². The van der Waals surface area contributed by atoms with Crippen LogP contribution in [0.1, 0.15) is 27.2 Å². The first-order chi connectivity index (χ1) is 9.99. The quantitative estimate of drug-likeness (QED) is 0.673. The molecule has 0 bridgehead atoms. The van der Waals surface area contributed by atoms with E-state index in [0.29, 0.717) is 19.1 Å². The second-order valence-corrected chi connectivity index (χ2v) is 5.91. The number of rotatable bonds is 10. The Morgan fingerprint density at radius 2 is 1.86 bits per heavy atom. The number of ether oxygens (including phenoxy) is 1. The fourth-order valence-corrected chi connectivity index (χ4v) is 2.23. The second-order valence-electron chi connectivity index (χ2n) is 5.91. The zero-order chi connectivity index (χ0) is 15.7. The Labute approximate surface area is 127 Å². The maximum absolute atomic E-state index is 11.0. The normalized spacial score (nSPS) is 12.6. The molecule has 4 heteroatoms. The molecular weight excluding hydrogens is 266 g/mol. The third kappa shape index (κ3) is 7.71. The average molecular weight is 293 g/mol. The highest BCUT2D eigenvalue weighted by atomic mass is 16.5. The van der Waals surface area contributed by atoms with Crippen LogP contribution >= 0.6 is 0 Å². The average Bonchev–Trinajstić information content (AvgIpc) is 2.43.